The second-order valence-corrected chi connectivity index (χ2v) is 7.53. The molecule has 0 aliphatic heterocycles. The van der Waals surface area contributed by atoms with Gasteiger partial charge in [0.15, 0.2) is 0 Å². The number of benzene rings is 1. The van der Waals surface area contributed by atoms with Crippen molar-refractivity contribution in [1.29, 1.82) is 0 Å². The number of halogens is 1. The van der Waals surface area contributed by atoms with Crippen LogP contribution in [-0.2, 0) is 16.4 Å². The summed E-state index contributed by atoms with van der Waals surface area (Å²) >= 11 is 5.80. The molecule has 1 aliphatic rings. The van der Waals surface area contributed by atoms with Crippen molar-refractivity contribution < 1.29 is 8.42 Å². The van der Waals surface area contributed by atoms with E-state index in [-0.39, 0.29) is 5.75 Å². The first-order valence-corrected chi connectivity index (χ1v) is 9.03. The highest BCUT2D eigenvalue weighted by Crippen LogP contribution is 2.18. The number of rotatable bonds is 9. The lowest BCUT2D eigenvalue weighted by Crippen LogP contribution is -2.30. The van der Waals surface area contributed by atoms with Gasteiger partial charge in [-0.3, -0.25) is 0 Å². The number of sulfonamides is 1. The average Bonchev–Trinajstić information content (AvgIpc) is 3.21. The summed E-state index contributed by atoms with van der Waals surface area (Å²) in [5.41, 5.74) is 1.08. The van der Waals surface area contributed by atoms with Crippen LogP contribution >= 0.6 is 11.6 Å². The first kappa shape index (κ1) is 15.8. The van der Waals surface area contributed by atoms with Crippen molar-refractivity contribution in [3.8, 4) is 0 Å². The van der Waals surface area contributed by atoms with E-state index in [0.717, 1.165) is 12.1 Å². The van der Waals surface area contributed by atoms with E-state index in [1.807, 2.05) is 24.3 Å². The van der Waals surface area contributed by atoms with Gasteiger partial charge >= 0.3 is 0 Å². The lowest BCUT2D eigenvalue weighted by molar-refractivity contribution is 0.574. The molecule has 6 heteroatoms. The monoisotopic (exact) mass is 316 g/mol. The molecule has 20 heavy (non-hydrogen) atoms. The molecule has 0 atom stereocenters. The maximum absolute atomic E-state index is 11.8. The summed E-state index contributed by atoms with van der Waals surface area (Å²) in [6.07, 6.45) is 3.79. The Morgan fingerprint density at radius 2 is 1.85 bits per heavy atom. The summed E-state index contributed by atoms with van der Waals surface area (Å²) in [5, 5.41) is 4.00. The van der Waals surface area contributed by atoms with E-state index < -0.39 is 10.0 Å². The molecule has 1 aliphatic carbocycles. The minimum absolute atomic E-state index is 0.188. The lowest BCUT2D eigenvalue weighted by Gasteiger charge is -2.07. The fourth-order valence-corrected chi connectivity index (χ4v) is 3.14. The summed E-state index contributed by atoms with van der Waals surface area (Å²) in [5.74, 6) is 0.188. The molecule has 1 aromatic rings. The fraction of sp³-hybridized carbons (Fsp3) is 0.571. The van der Waals surface area contributed by atoms with Gasteiger partial charge in [-0.2, -0.15) is 0 Å². The summed E-state index contributed by atoms with van der Waals surface area (Å²) in [7, 11) is -3.15. The van der Waals surface area contributed by atoms with E-state index >= 15 is 0 Å². The Balaban J connectivity index is 1.62. The minimum atomic E-state index is -3.15. The number of hydrogen-bond donors (Lipinski definition) is 2. The molecule has 2 rings (SSSR count). The molecule has 0 amide bonds. The van der Waals surface area contributed by atoms with Crippen LogP contribution in [0.2, 0.25) is 5.02 Å². The lowest BCUT2D eigenvalue weighted by atomic mass is 10.2. The molecule has 0 spiro atoms. The summed E-state index contributed by atoms with van der Waals surface area (Å²) < 4.78 is 26.2. The summed E-state index contributed by atoms with van der Waals surface area (Å²) in [6.45, 7) is 1.21. The Morgan fingerprint density at radius 1 is 1.15 bits per heavy atom. The van der Waals surface area contributed by atoms with Gasteiger partial charge in [0.05, 0.1) is 5.75 Å². The zero-order chi connectivity index (χ0) is 14.4. The highest BCUT2D eigenvalue weighted by atomic mass is 35.5. The number of hydrogen-bond acceptors (Lipinski definition) is 3. The molecule has 2 N–H and O–H groups in total. The van der Waals surface area contributed by atoms with E-state index in [9.17, 15) is 8.42 Å². The van der Waals surface area contributed by atoms with Crippen molar-refractivity contribution >= 4 is 21.6 Å². The zero-order valence-electron chi connectivity index (χ0n) is 11.4. The van der Waals surface area contributed by atoms with Gasteiger partial charge in [-0.1, -0.05) is 23.7 Å². The van der Waals surface area contributed by atoms with Crippen molar-refractivity contribution in [3.05, 3.63) is 34.9 Å². The molecule has 0 aromatic heterocycles. The van der Waals surface area contributed by atoms with Gasteiger partial charge in [-0.15, -0.1) is 0 Å². The van der Waals surface area contributed by atoms with Crippen LogP contribution in [0.4, 0.5) is 0 Å². The van der Waals surface area contributed by atoms with Crippen LogP contribution in [0.5, 0.6) is 0 Å². The summed E-state index contributed by atoms with van der Waals surface area (Å²) in [4.78, 5) is 0. The van der Waals surface area contributed by atoms with Crippen LogP contribution in [0.1, 0.15) is 24.8 Å². The van der Waals surface area contributed by atoms with Crippen molar-refractivity contribution in [1.82, 2.24) is 10.0 Å². The quantitative estimate of drug-likeness (QED) is 0.685. The molecule has 0 heterocycles. The SMILES string of the molecule is O=S(=O)(CCCNC1CC1)NCCc1ccc(Cl)cc1. The third kappa shape index (κ3) is 6.22. The Kier molecular flexibility index (Phi) is 5.84. The third-order valence-electron chi connectivity index (χ3n) is 3.25. The standard InChI is InChI=1S/C14H21ClN2O2S/c15-13-4-2-12(3-5-13)8-10-17-20(18,19)11-1-9-16-14-6-7-14/h2-5,14,16-17H,1,6-11H2. The summed E-state index contributed by atoms with van der Waals surface area (Å²) in [6, 6.07) is 8.09. The van der Waals surface area contributed by atoms with Crippen LogP contribution in [0.3, 0.4) is 0 Å². The second-order valence-electron chi connectivity index (χ2n) is 5.17. The molecule has 0 bridgehead atoms. The molecule has 0 saturated heterocycles. The van der Waals surface area contributed by atoms with Crippen LogP contribution in [0.25, 0.3) is 0 Å². The van der Waals surface area contributed by atoms with Crippen molar-refractivity contribution in [3.63, 3.8) is 0 Å². The first-order chi connectivity index (χ1) is 9.55. The predicted molar refractivity (Wildman–Crippen MR) is 82.6 cm³/mol. The third-order valence-corrected chi connectivity index (χ3v) is 4.97. The van der Waals surface area contributed by atoms with E-state index in [4.69, 9.17) is 11.6 Å². The molecule has 112 valence electrons. The van der Waals surface area contributed by atoms with Gasteiger partial charge < -0.3 is 5.32 Å². The highest BCUT2D eigenvalue weighted by Gasteiger charge is 2.20. The number of nitrogens with one attached hydrogen (secondary N) is 2. The van der Waals surface area contributed by atoms with Gasteiger partial charge in [0.2, 0.25) is 10.0 Å². The minimum Gasteiger partial charge on any atom is -0.314 e. The average molecular weight is 317 g/mol. The predicted octanol–water partition coefficient (Wildman–Crippen LogP) is 1.94. The smallest absolute Gasteiger partial charge is 0.211 e. The van der Waals surface area contributed by atoms with Crippen LogP contribution in [0, 0.1) is 0 Å². The van der Waals surface area contributed by atoms with Gasteiger partial charge in [-0.25, -0.2) is 13.1 Å². The van der Waals surface area contributed by atoms with Crippen LogP contribution < -0.4 is 10.0 Å². The van der Waals surface area contributed by atoms with Crippen LogP contribution in [-0.4, -0.2) is 33.3 Å². The topological polar surface area (TPSA) is 58.2 Å². The largest absolute Gasteiger partial charge is 0.314 e. The van der Waals surface area contributed by atoms with Gasteiger partial charge in [0.25, 0.3) is 0 Å². The maximum Gasteiger partial charge on any atom is 0.211 e. The van der Waals surface area contributed by atoms with Crippen molar-refractivity contribution in [2.75, 3.05) is 18.8 Å². The van der Waals surface area contributed by atoms with Crippen molar-refractivity contribution in [2.45, 2.75) is 31.7 Å². The molecular formula is C14H21ClN2O2S. The van der Waals surface area contributed by atoms with E-state index in [1.54, 1.807) is 0 Å². The Hall–Kier alpha value is -0.620. The molecule has 1 fully saturated rings. The molecule has 0 unspecified atom stereocenters. The fourth-order valence-electron chi connectivity index (χ4n) is 1.93. The normalized spacial score (nSPS) is 15.4. The van der Waals surface area contributed by atoms with E-state index in [1.165, 1.54) is 12.8 Å². The first-order valence-electron chi connectivity index (χ1n) is 7.00. The molecule has 4 nitrogen and oxygen atoms in total. The maximum atomic E-state index is 11.8. The van der Waals surface area contributed by atoms with E-state index in [0.29, 0.717) is 30.5 Å². The van der Waals surface area contributed by atoms with Crippen molar-refractivity contribution in [2.24, 2.45) is 0 Å². The molecule has 1 aromatic carbocycles. The zero-order valence-corrected chi connectivity index (χ0v) is 13.0. The Morgan fingerprint density at radius 3 is 2.50 bits per heavy atom. The van der Waals surface area contributed by atoms with Crippen LogP contribution in [0.15, 0.2) is 24.3 Å². The molecular weight excluding hydrogens is 296 g/mol. The van der Waals surface area contributed by atoms with E-state index in [2.05, 4.69) is 10.0 Å². The molecule has 1 saturated carbocycles. The Labute approximate surface area is 126 Å². The van der Waals surface area contributed by atoms with Gasteiger partial charge in [0, 0.05) is 17.6 Å². The Bertz CT molecular complexity index is 512. The molecule has 0 radical (unpaired) electrons. The van der Waals surface area contributed by atoms with Gasteiger partial charge in [0.1, 0.15) is 0 Å². The second kappa shape index (κ2) is 7.41. The highest BCUT2D eigenvalue weighted by molar-refractivity contribution is 7.89. The van der Waals surface area contributed by atoms with Gasteiger partial charge in [-0.05, 0) is 49.9 Å².